The topological polar surface area (TPSA) is 30.5 Å². The lowest BCUT2D eigenvalue weighted by molar-refractivity contribution is -0.0318. The van der Waals surface area contributed by atoms with Crippen LogP contribution in [-0.4, -0.2) is 12.3 Å². The lowest BCUT2D eigenvalue weighted by Crippen LogP contribution is -2.44. The molecule has 0 saturated carbocycles. The van der Waals surface area contributed by atoms with E-state index in [-0.39, 0.29) is 5.92 Å². The Bertz CT molecular complexity index is 899. The average Bonchev–Trinajstić information content (AvgIpc) is 2.81. The van der Waals surface area contributed by atoms with Gasteiger partial charge < -0.3 is 9.47 Å². The standard InChI is InChI=1S/C29H37NO2/c1-7-24(4)18-19-30-29(6,32-22-27-16-12-9-13-17-27)20-28(23(2)3)25(5)31-21-26-14-10-8-11-15-26/h7-17,20,23,30H,1,4-5,18-19,21-22H2,2-3,6H3/b28-20-. The second kappa shape index (κ2) is 12.8. The molecule has 2 aromatic carbocycles. The van der Waals surface area contributed by atoms with E-state index in [1.54, 1.807) is 6.08 Å². The Labute approximate surface area is 194 Å². The summed E-state index contributed by atoms with van der Waals surface area (Å²) >= 11 is 0. The van der Waals surface area contributed by atoms with Crippen LogP contribution in [0.1, 0.15) is 38.3 Å². The van der Waals surface area contributed by atoms with Crippen LogP contribution in [0.2, 0.25) is 0 Å². The minimum absolute atomic E-state index is 0.225. The molecule has 0 aliphatic carbocycles. The van der Waals surface area contributed by atoms with Crippen molar-refractivity contribution in [3.8, 4) is 0 Å². The molecular formula is C29H37NO2. The molecule has 3 heteroatoms. The van der Waals surface area contributed by atoms with Crippen molar-refractivity contribution in [2.75, 3.05) is 6.54 Å². The normalized spacial score (nSPS) is 13.4. The predicted octanol–water partition coefficient (Wildman–Crippen LogP) is 6.95. The molecule has 0 amide bonds. The Morgan fingerprint density at radius 1 is 0.969 bits per heavy atom. The first-order valence-corrected chi connectivity index (χ1v) is 11.1. The van der Waals surface area contributed by atoms with Crippen molar-refractivity contribution in [2.24, 2.45) is 5.92 Å². The minimum Gasteiger partial charge on any atom is -0.489 e. The Morgan fingerprint density at radius 2 is 1.53 bits per heavy atom. The summed E-state index contributed by atoms with van der Waals surface area (Å²) in [5, 5.41) is 3.54. The summed E-state index contributed by atoms with van der Waals surface area (Å²) in [7, 11) is 0. The third-order valence-electron chi connectivity index (χ3n) is 5.22. The van der Waals surface area contributed by atoms with Gasteiger partial charge in [0.05, 0.1) is 6.61 Å². The van der Waals surface area contributed by atoms with Crippen LogP contribution in [0.15, 0.2) is 109 Å². The van der Waals surface area contributed by atoms with Crippen LogP contribution >= 0.6 is 0 Å². The van der Waals surface area contributed by atoms with Gasteiger partial charge in [0.1, 0.15) is 18.1 Å². The molecule has 3 nitrogen and oxygen atoms in total. The number of hydrogen-bond donors (Lipinski definition) is 1. The third kappa shape index (κ3) is 8.70. The lowest BCUT2D eigenvalue weighted by atomic mass is 9.98. The van der Waals surface area contributed by atoms with E-state index in [2.05, 4.69) is 57.1 Å². The maximum atomic E-state index is 6.39. The minimum atomic E-state index is -0.698. The summed E-state index contributed by atoms with van der Waals surface area (Å²) in [6.45, 7) is 20.0. The zero-order valence-electron chi connectivity index (χ0n) is 19.8. The van der Waals surface area contributed by atoms with Crippen LogP contribution in [0.25, 0.3) is 0 Å². The van der Waals surface area contributed by atoms with Crippen molar-refractivity contribution >= 4 is 0 Å². The second-order valence-electron chi connectivity index (χ2n) is 8.37. The summed E-state index contributed by atoms with van der Waals surface area (Å²) in [5.74, 6) is 0.888. The Kier molecular flexibility index (Phi) is 10.2. The molecular weight excluding hydrogens is 394 g/mol. The molecule has 0 radical (unpaired) electrons. The number of benzene rings is 2. The maximum absolute atomic E-state index is 6.39. The number of allylic oxidation sites excluding steroid dienone is 2. The summed E-state index contributed by atoms with van der Waals surface area (Å²) < 4.78 is 12.4. The molecule has 0 aliphatic heterocycles. The van der Waals surface area contributed by atoms with E-state index < -0.39 is 5.72 Å². The van der Waals surface area contributed by atoms with E-state index >= 15 is 0 Å². The first kappa shape index (κ1) is 25.4. The summed E-state index contributed by atoms with van der Waals surface area (Å²) in [4.78, 5) is 0. The monoisotopic (exact) mass is 431 g/mol. The van der Waals surface area contributed by atoms with Gasteiger partial charge in [-0.1, -0.05) is 106 Å². The van der Waals surface area contributed by atoms with Crippen LogP contribution in [0, 0.1) is 5.92 Å². The van der Waals surface area contributed by atoms with Gasteiger partial charge in [-0.2, -0.15) is 0 Å². The molecule has 32 heavy (non-hydrogen) atoms. The van der Waals surface area contributed by atoms with E-state index in [4.69, 9.17) is 9.47 Å². The highest BCUT2D eigenvalue weighted by Gasteiger charge is 2.25. The molecule has 1 N–H and O–H groups in total. The van der Waals surface area contributed by atoms with Gasteiger partial charge >= 0.3 is 0 Å². The van der Waals surface area contributed by atoms with Gasteiger partial charge in [0.15, 0.2) is 0 Å². The number of rotatable bonds is 14. The first-order valence-electron chi connectivity index (χ1n) is 11.1. The van der Waals surface area contributed by atoms with Crippen LogP contribution in [0.3, 0.4) is 0 Å². The summed E-state index contributed by atoms with van der Waals surface area (Å²) in [6.07, 6.45) is 4.69. The first-order chi connectivity index (χ1) is 15.3. The molecule has 0 heterocycles. The van der Waals surface area contributed by atoms with Gasteiger partial charge in [0.25, 0.3) is 0 Å². The summed E-state index contributed by atoms with van der Waals surface area (Å²) in [5.41, 5.74) is 3.55. The van der Waals surface area contributed by atoms with Crippen LogP contribution in [0.5, 0.6) is 0 Å². The lowest BCUT2D eigenvalue weighted by Gasteiger charge is -2.31. The number of ether oxygens (including phenoxy) is 2. The Hall–Kier alpha value is -2.88. The fraction of sp³-hybridized carbons (Fsp3) is 0.310. The molecule has 0 aliphatic rings. The SMILES string of the molecule is C=CC(=C)CCNC(C)(/C=C(\C(=C)OCc1ccccc1)C(C)C)OCc1ccccc1. The Morgan fingerprint density at radius 3 is 2.06 bits per heavy atom. The van der Waals surface area contributed by atoms with Crippen LogP contribution in [0.4, 0.5) is 0 Å². The molecule has 0 aromatic heterocycles. The van der Waals surface area contributed by atoms with Crippen molar-refractivity contribution in [3.63, 3.8) is 0 Å². The van der Waals surface area contributed by atoms with Crippen molar-refractivity contribution in [1.82, 2.24) is 5.32 Å². The van der Waals surface area contributed by atoms with Crippen LogP contribution < -0.4 is 5.32 Å². The highest BCUT2D eigenvalue weighted by atomic mass is 16.5. The number of nitrogens with one attached hydrogen (secondary N) is 1. The fourth-order valence-electron chi connectivity index (χ4n) is 3.22. The predicted molar refractivity (Wildman–Crippen MR) is 135 cm³/mol. The molecule has 2 aromatic rings. The highest BCUT2D eigenvalue weighted by Crippen LogP contribution is 2.25. The largest absolute Gasteiger partial charge is 0.489 e. The van der Waals surface area contributed by atoms with Gasteiger partial charge in [-0.05, 0) is 42.0 Å². The fourth-order valence-corrected chi connectivity index (χ4v) is 3.22. The quantitative estimate of drug-likeness (QED) is 0.199. The molecule has 170 valence electrons. The van der Waals surface area contributed by atoms with Gasteiger partial charge in [0, 0.05) is 6.54 Å². The smallest absolute Gasteiger partial charge is 0.136 e. The van der Waals surface area contributed by atoms with E-state index in [9.17, 15) is 0 Å². The summed E-state index contributed by atoms with van der Waals surface area (Å²) in [6, 6.07) is 20.3. The molecule has 1 unspecified atom stereocenters. The van der Waals surface area contributed by atoms with E-state index in [1.165, 1.54) is 0 Å². The molecule has 1 atom stereocenters. The van der Waals surface area contributed by atoms with E-state index in [1.807, 2.05) is 55.5 Å². The van der Waals surface area contributed by atoms with Crippen molar-refractivity contribution < 1.29 is 9.47 Å². The van der Waals surface area contributed by atoms with Crippen molar-refractivity contribution in [3.05, 3.63) is 121 Å². The van der Waals surface area contributed by atoms with Crippen molar-refractivity contribution in [1.29, 1.82) is 0 Å². The van der Waals surface area contributed by atoms with Gasteiger partial charge in [-0.3, -0.25) is 5.32 Å². The number of hydrogen-bond acceptors (Lipinski definition) is 3. The highest BCUT2D eigenvalue weighted by molar-refractivity contribution is 5.29. The van der Waals surface area contributed by atoms with E-state index in [0.717, 1.165) is 35.2 Å². The molecule has 0 spiro atoms. The zero-order valence-corrected chi connectivity index (χ0v) is 19.8. The maximum Gasteiger partial charge on any atom is 0.136 e. The van der Waals surface area contributed by atoms with Crippen molar-refractivity contribution in [2.45, 2.75) is 46.1 Å². The molecule has 0 bridgehead atoms. The van der Waals surface area contributed by atoms with Gasteiger partial charge in [-0.25, -0.2) is 0 Å². The molecule has 0 saturated heterocycles. The zero-order chi connectivity index (χ0) is 23.4. The van der Waals surface area contributed by atoms with Crippen LogP contribution in [-0.2, 0) is 22.7 Å². The second-order valence-corrected chi connectivity index (χ2v) is 8.37. The average molecular weight is 432 g/mol. The van der Waals surface area contributed by atoms with Gasteiger partial charge in [-0.15, -0.1) is 0 Å². The van der Waals surface area contributed by atoms with E-state index in [0.29, 0.717) is 19.0 Å². The Balaban J connectivity index is 2.18. The molecule has 2 rings (SSSR count). The third-order valence-corrected chi connectivity index (χ3v) is 5.22. The van der Waals surface area contributed by atoms with Gasteiger partial charge in [0.2, 0.25) is 0 Å². The molecule has 0 fully saturated rings.